The summed E-state index contributed by atoms with van der Waals surface area (Å²) < 4.78 is 0. The molecule has 0 amide bonds. The zero-order valence-corrected chi connectivity index (χ0v) is 12.6. The van der Waals surface area contributed by atoms with Gasteiger partial charge in [-0.25, -0.2) is 0 Å². The Balaban J connectivity index is 1.76. The molecule has 0 aliphatic heterocycles. The number of allylic oxidation sites excluding steroid dienone is 1. The molecule has 2 atom stereocenters. The molecule has 2 fully saturated rings. The number of benzene rings is 1. The monoisotopic (exact) mass is 269 g/mol. The highest BCUT2D eigenvalue weighted by Gasteiger charge is 2.63. The van der Waals surface area contributed by atoms with Crippen LogP contribution in [0.25, 0.3) is 0 Å². The quantitative estimate of drug-likeness (QED) is 0.848. The van der Waals surface area contributed by atoms with Crippen LogP contribution >= 0.6 is 0 Å². The van der Waals surface area contributed by atoms with E-state index in [-0.39, 0.29) is 10.8 Å². The fraction of sp³-hybridized carbons (Fsp3) is 0.500. The summed E-state index contributed by atoms with van der Waals surface area (Å²) in [6, 6.07) is 10.3. The lowest BCUT2D eigenvalue weighted by molar-refractivity contribution is -0.125. The molecule has 1 aromatic carbocycles. The average molecular weight is 269 g/mol. The van der Waals surface area contributed by atoms with Crippen LogP contribution in [-0.4, -0.2) is 5.78 Å². The third-order valence-electron chi connectivity index (χ3n) is 5.77. The molecule has 20 heavy (non-hydrogen) atoms. The second kappa shape index (κ2) is 4.47. The van der Waals surface area contributed by atoms with Gasteiger partial charge in [0.15, 0.2) is 5.78 Å². The zero-order valence-electron chi connectivity index (χ0n) is 12.6. The Kier molecular flexibility index (Phi) is 3.00. The molecule has 0 saturated heterocycles. The number of carbonyl (C=O) groups excluding carboxylic acids is 1. The fourth-order valence-corrected chi connectivity index (χ4v) is 3.97. The third kappa shape index (κ3) is 1.74. The molecule has 0 unspecified atom stereocenters. The summed E-state index contributed by atoms with van der Waals surface area (Å²) in [4.78, 5) is 12.6. The molecule has 106 valence electrons. The summed E-state index contributed by atoms with van der Waals surface area (Å²) >= 11 is 0. The zero-order chi connectivity index (χ0) is 14.4. The van der Waals surface area contributed by atoms with Gasteiger partial charge in [-0.05, 0) is 29.7 Å². The number of ketones is 1. The van der Waals surface area contributed by atoms with Crippen LogP contribution in [0.4, 0.5) is 0 Å². The van der Waals surface area contributed by atoms with E-state index < -0.39 is 0 Å². The fourth-order valence-electron chi connectivity index (χ4n) is 3.97. The van der Waals surface area contributed by atoms with Gasteiger partial charge in [0.2, 0.25) is 0 Å². The van der Waals surface area contributed by atoms with Gasteiger partial charge < -0.3 is 5.32 Å². The van der Waals surface area contributed by atoms with Crippen LogP contribution in [0, 0.1) is 16.7 Å². The summed E-state index contributed by atoms with van der Waals surface area (Å²) in [6.45, 7) is 7.43. The predicted octanol–water partition coefficient (Wildman–Crippen LogP) is 3.69. The maximum atomic E-state index is 12.6. The minimum Gasteiger partial charge on any atom is -0.386 e. The van der Waals surface area contributed by atoms with Crippen molar-refractivity contribution in [3.8, 4) is 0 Å². The van der Waals surface area contributed by atoms with E-state index in [4.69, 9.17) is 0 Å². The second-order valence-corrected chi connectivity index (χ2v) is 6.94. The Morgan fingerprint density at radius 3 is 2.55 bits per heavy atom. The van der Waals surface area contributed by atoms with Crippen molar-refractivity contribution < 1.29 is 4.79 Å². The summed E-state index contributed by atoms with van der Waals surface area (Å²) in [7, 11) is 0. The van der Waals surface area contributed by atoms with Crippen molar-refractivity contribution in [2.45, 2.75) is 40.2 Å². The highest BCUT2D eigenvalue weighted by Crippen LogP contribution is 2.65. The molecule has 2 aliphatic carbocycles. The van der Waals surface area contributed by atoms with E-state index in [1.807, 2.05) is 24.4 Å². The van der Waals surface area contributed by atoms with E-state index in [0.29, 0.717) is 11.7 Å². The molecular formula is C18H23NO. The Morgan fingerprint density at radius 2 is 1.95 bits per heavy atom. The van der Waals surface area contributed by atoms with Crippen LogP contribution in [0.15, 0.2) is 42.1 Å². The highest BCUT2D eigenvalue weighted by atomic mass is 16.1. The Morgan fingerprint density at radius 1 is 1.25 bits per heavy atom. The smallest absolute Gasteiger partial charge is 0.167 e. The normalized spacial score (nSPS) is 32.9. The number of fused-ring (bicyclic) bond motifs is 2. The molecule has 3 rings (SSSR count). The molecule has 2 aliphatic rings. The van der Waals surface area contributed by atoms with E-state index in [9.17, 15) is 4.79 Å². The minimum absolute atomic E-state index is 0.102. The van der Waals surface area contributed by atoms with E-state index in [1.165, 1.54) is 5.56 Å². The molecule has 0 heterocycles. The van der Waals surface area contributed by atoms with Crippen molar-refractivity contribution in [1.82, 2.24) is 5.32 Å². The predicted molar refractivity (Wildman–Crippen MR) is 81.0 cm³/mol. The first-order chi connectivity index (χ1) is 9.47. The second-order valence-electron chi connectivity index (χ2n) is 6.94. The Labute approximate surface area is 121 Å². The van der Waals surface area contributed by atoms with Crippen molar-refractivity contribution in [1.29, 1.82) is 0 Å². The highest BCUT2D eigenvalue weighted by molar-refractivity contribution is 6.04. The molecule has 0 radical (unpaired) electrons. The summed E-state index contributed by atoms with van der Waals surface area (Å²) in [6.07, 6.45) is 4.17. The van der Waals surface area contributed by atoms with Crippen LogP contribution in [-0.2, 0) is 11.3 Å². The van der Waals surface area contributed by atoms with Gasteiger partial charge in [-0.3, -0.25) is 4.79 Å². The lowest BCUT2D eigenvalue weighted by atomic mass is 9.70. The number of hydrogen-bond donors (Lipinski definition) is 1. The minimum atomic E-state index is -0.155. The summed E-state index contributed by atoms with van der Waals surface area (Å²) in [5.41, 5.74) is 2.20. The van der Waals surface area contributed by atoms with E-state index >= 15 is 0 Å². The molecule has 1 aromatic rings. The SMILES string of the molecule is CC1(C)[C@H]2CC[C@]1(C)C(=O)/C2=C\NCc1ccccc1. The summed E-state index contributed by atoms with van der Waals surface area (Å²) in [5, 5.41) is 3.33. The molecule has 2 nitrogen and oxygen atoms in total. The van der Waals surface area contributed by atoms with Crippen molar-refractivity contribution in [2.75, 3.05) is 0 Å². The van der Waals surface area contributed by atoms with E-state index in [1.54, 1.807) is 0 Å². The van der Waals surface area contributed by atoms with Crippen molar-refractivity contribution in [2.24, 2.45) is 16.7 Å². The Bertz CT molecular complexity index is 558. The van der Waals surface area contributed by atoms with Gasteiger partial charge in [-0.1, -0.05) is 51.1 Å². The van der Waals surface area contributed by atoms with Gasteiger partial charge in [-0.2, -0.15) is 0 Å². The first-order valence-electron chi connectivity index (χ1n) is 7.49. The van der Waals surface area contributed by atoms with E-state index in [0.717, 1.165) is 25.0 Å². The lowest BCUT2D eigenvalue weighted by Gasteiger charge is -2.31. The van der Waals surface area contributed by atoms with Gasteiger partial charge in [-0.15, -0.1) is 0 Å². The Hall–Kier alpha value is -1.57. The molecule has 2 saturated carbocycles. The van der Waals surface area contributed by atoms with Crippen LogP contribution in [0.5, 0.6) is 0 Å². The van der Waals surface area contributed by atoms with Crippen LogP contribution in [0.1, 0.15) is 39.2 Å². The maximum Gasteiger partial charge on any atom is 0.167 e. The third-order valence-corrected chi connectivity index (χ3v) is 5.77. The van der Waals surface area contributed by atoms with Gasteiger partial charge in [0.1, 0.15) is 0 Å². The van der Waals surface area contributed by atoms with Crippen molar-refractivity contribution in [3.05, 3.63) is 47.7 Å². The van der Waals surface area contributed by atoms with Crippen LogP contribution in [0.2, 0.25) is 0 Å². The standard InChI is InChI=1S/C18H23NO/c1-17(2)15-9-10-18(17,3)16(20)14(15)12-19-11-13-7-5-4-6-8-13/h4-8,12,15,19H,9-11H2,1-3H3/b14-12-/t15-,18+/m0/s1. The van der Waals surface area contributed by atoms with Crippen molar-refractivity contribution >= 4 is 5.78 Å². The molecule has 1 N–H and O–H groups in total. The largest absolute Gasteiger partial charge is 0.386 e. The van der Waals surface area contributed by atoms with Crippen molar-refractivity contribution in [3.63, 3.8) is 0 Å². The number of Topliss-reactive ketones (excluding diaryl/α,β-unsaturated/α-hetero) is 1. The lowest BCUT2D eigenvalue weighted by Crippen LogP contribution is -2.32. The maximum absolute atomic E-state index is 12.6. The number of hydrogen-bond acceptors (Lipinski definition) is 2. The van der Waals surface area contributed by atoms with Gasteiger partial charge >= 0.3 is 0 Å². The van der Waals surface area contributed by atoms with Gasteiger partial charge in [0.05, 0.1) is 0 Å². The van der Waals surface area contributed by atoms with E-state index in [2.05, 4.69) is 38.2 Å². The first kappa shape index (κ1) is 13.4. The molecule has 0 aromatic heterocycles. The summed E-state index contributed by atoms with van der Waals surface area (Å²) in [5.74, 6) is 0.780. The number of nitrogens with one attached hydrogen (secondary N) is 1. The molecule has 0 spiro atoms. The molecule has 2 bridgehead atoms. The molecular weight excluding hydrogens is 246 g/mol. The topological polar surface area (TPSA) is 29.1 Å². The number of rotatable bonds is 3. The van der Waals surface area contributed by atoms with Gasteiger partial charge in [0, 0.05) is 23.7 Å². The molecule has 2 heteroatoms. The average Bonchev–Trinajstić information content (AvgIpc) is 2.74. The first-order valence-corrected chi connectivity index (χ1v) is 7.49. The van der Waals surface area contributed by atoms with Gasteiger partial charge in [0.25, 0.3) is 0 Å². The van der Waals surface area contributed by atoms with Crippen LogP contribution < -0.4 is 5.32 Å². The number of carbonyl (C=O) groups is 1. The van der Waals surface area contributed by atoms with Crippen LogP contribution in [0.3, 0.4) is 0 Å².